The minimum absolute atomic E-state index is 0.0625. The molecule has 0 aromatic rings. The Hall–Kier alpha value is -1.10. The molecule has 50 valence electrons. The molecular weight excluding hydrogens is 122 g/mol. The van der Waals surface area contributed by atoms with Crippen LogP contribution in [0.25, 0.3) is 0 Å². The molecule has 5 heteroatoms. The van der Waals surface area contributed by atoms with Gasteiger partial charge >= 0.3 is 0 Å². The SMILES string of the molecule is CN1C(=O)[C@@H](O)N=C1N. The molecule has 0 bridgehead atoms. The highest BCUT2D eigenvalue weighted by atomic mass is 16.3. The van der Waals surface area contributed by atoms with Crippen molar-refractivity contribution in [1.82, 2.24) is 4.90 Å². The molecule has 1 rings (SSSR count). The summed E-state index contributed by atoms with van der Waals surface area (Å²) in [4.78, 5) is 15.1. The summed E-state index contributed by atoms with van der Waals surface area (Å²) >= 11 is 0. The van der Waals surface area contributed by atoms with Gasteiger partial charge in [-0.25, -0.2) is 4.99 Å². The molecule has 1 amide bonds. The second kappa shape index (κ2) is 1.70. The smallest absolute Gasteiger partial charge is 0.280 e. The molecule has 1 aliphatic heterocycles. The van der Waals surface area contributed by atoms with Crippen LogP contribution in [0.3, 0.4) is 0 Å². The van der Waals surface area contributed by atoms with Crippen molar-refractivity contribution in [2.75, 3.05) is 7.05 Å². The van der Waals surface area contributed by atoms with Gasteiger partial charge in [-0.2, -0.15) is 0 Å². The van der Waals surface area contributed by atoms with E-state index in [1.807, 2.05) is 0 Å². The van der Waals surface area contributed by atoms with Crippen LogP contribution in [0.2, 0.25) is 0 Å². The van der Waals surface area contributed by atoms with Crippen molar-refractivity contribution in [3.63, 3.8) is 0 Å². The Balaban J connectivity index is 2.82. The summed E-state index contributed by atoms with van der Waals surface area (Å²) in [5.74, 6) is -0.417. The molecule has 1 aliphatic rings. The van der Waals surface area contributed by atoms with Crippen LogP contribution in [0.1, 0.15) is 0 Å². The monoisotopic (exact) mass is 129 g/mol. The van der Waals surface area contributed by atoms with Gasteiger partial charge in [-0.1, -0.05) is 0 Å². The van der Waals surface area contributed by atoms with E-state index in [0.717, 1.165) is 4.90 Å². The van der Waals surface area contributed by atoms with Gasteiger partial charge in [-0.15, -0.1) is 0 Å². The lowest BCUT2D eigenvalue weighted by Crippen LogP contribution is -2.35. The number of hydrogen-bond donors (Lipinski definition) is 2. The molecule has 1 atom stereocenters. The minimum atomic E-state index is -1.28. The lowest BCUT2D eigenvalue weighted by atomic mass is 10.5. The van der Waals surface area contributed by atoms with Crippen molar-refractivity contribution in [3.05, 3.63) is 0 Å². The van der Waals surface area contributed by atoms with Crippen LogP contribution in [0.5, 0.6) is 0 Å². The zero-order valence-electron chi connectivity index (χ0n) is 4.90. The Morgan fingerprint density at radius 3 is 2.56 bits per heavy atom. The number of nitrogens with zero attached hydrogens (tertiary/aromatic N) is 2. The van der Waals surface area contributed by atoms with E-state index in [4.69, 9.17) is 10.8 Å². The lowest BCUT2D eigenvalue weighted by Gasteiger charge is -2.05. The van der Waals surface area contributed by atoms with E-state index in [1.165, 1.54) is 7.05 Å². The quantitative estimate of drug-likeness (QED) is 0.400. The van der Waals surface area contributed by atoms with Gasteiger partial charge in [0.1, 0.15) is 0 Å². The average molecular weight is 129 g/mol. The van der Waals surface area contributed by atoms with Crippen LogP contribution < -0.4 is 5.73 Å². The number of amides is 1. The maximum atomic E-state index is 10.6. The summed E-state index contributed by atoms with van der Waals surface area (Å²) in [6.07, 6.45) is -1.28. The second-order valence-corrected chi connectivity index (χ2v) is 1.76. The van der Waals surface area contributed by atoms with Crippen molar-refractivity contribution >= 4 is 11.9 Å². The van der Waals surface area contributed by atoms with Crippen LogP contribution in [-0.4, -0.2) is 35.1 Å². The molecule has 0 unspecified atom stereocenters. The van der Waals surface area contributed by atoms with Gasteiger partial charge < -0.3 is 10.8 Å². The summed E-state index contributed by atoms with van der Waals surface area (Å²) in [5.41, 5.74) is 5.15. The maximum Gasteiger partial charge on any atom is 0.280 e. The van der Waals surface area contributed by atoms with Crippen molar-refractivity contribution in [1.29, 1.82) is 0 Å². The van der Waals surface area contributed by atoms with Gasteiger partial charge in [-0.05, 0) is 0 Å². The van der Waals surface area contributed by atoms with E-state index >= 15 is 0 Å². The van der Waals surface area contributed by atoms with Gasteiger partial charge in [0.15, 0.2) is 0 Å². The molecule has 0 spiro atoms. The third-order valence-electron chi connectivity index (χ3n) is 1.15. The van der Waals surface area contributed by atoms with Crippen LogP contribution in [0.15, 0.2) is 4.99 Å². The predicted molar refractivity (Wildman–Crippen MR) is 30.4 cm³/mol. The molecule has 9 heavy (non-hydrogen) atoms. The molecule has 0 fully saturated rings. The number of aliphatic imine (C=N–C) groups is 1. The van der Waals surface area contributed by atoms with Crippen LogP contribution >= 0.6 is 0 Å². The van der Waals surface area contributed by atoms with Crippen LogP contribution in [-0.2, 0) is 4.79 Å². The number of aliphatic hydroxyl groups is 1. The normalized spacial score (nSPS) is 26.9. The van der Waals surface area contributed by atoms with E-state index in [1.54, 1.807) is 0 Å². The Kier molecular flexibility index (Phi) is 1.14. The highest BCUT2D eigenvalue weighted by Crippen LogP contribution is 2.01. The maximum absolute atomic E-state index is 10.6. The number of carbonyl (C=O) groups excluding carboxylic acids is 1. The second-order valence-electron chi connectivity index (χ2n) is 1.76. The zero-order chi connectivity index (χ0) is 7.02. The molecular formula is C4H7N3O2. The third-order valence-corrected chi connectivity index (χ3v) is 1.15. The van der Waals surface area contributed by atoms with E-state index in [9.17, 15) is 4.79 Å². The number of guanidine groups is 1. The molecule has 0 radical (unpaired) electrons. The molecule has 1 heterocycles. The summed E-state index contributed by atoms with van der Waals surface area (Å²) < 4.78 is 0. The first-order chi connectivity index (χ1) is 4.13. The first kappa shape index (κ1) is 6.03. The zero-order valence-corrected chi connectivity index (χ0v) is 4.90. The van der Waals surface area contributed by atoms with Crippen molar-refractivity contribution in [3.8, 4) is 0 Å². The Morgan fingerprint density at radius 2 is 2.44 bits per heavy atom. The number of rotatable bonds is 0. The van der Waals surface area contributed by atoms with E-state index in [-0.39, 0.29) is 5.96 Å². The van der Waals surface area contributed by atoms with E-state index in [2.05, 4.69) is 4.99 Å². The predicted octanol–water partition coefficient (Wildman–Crippen LogP) is -1.91. The Labute approximate surface area is 51.8 Å². The van der Waals surface area contributed by atoms with E-state index < -0.39 is 12.1 Å². The molecule has 3 N–H and O–H groups in total. The van der Waals surface area contributed by atoms with Gasteiger partial charge in [0, 0.05) is 7.05 Å². The topological polar surface area (TPSA) is 78.9 Å². The molecule has 0 aliphatic carbocycles. The molecule has 5 nitrogen and oxygen atoms in total. The summed E-state index contributed by atoms with van der Waals surface area (Å²) in [6, 6.07) is 0. The van der Waals surface area contributed by atoms with Gasteiger partial charge in [-0.3, -0.25) is 9.69 Å². The number of carbonyl (C=O) groups is 1. The van der Waals surface area contributed by atoms with Crippen LogP contribution in [0.4, 0.5) is 0 Å². The van der Waals surface area contributed by atoms with Gasteiger partial charge in [0.2, 0.25) is 12.2 Å². The molecule has 0 aromatic heterocycles. The number of nitrogens with two attached hydrogens (primary N) is 1. The minimum Gasteiger partial charge on any atom is -0.369 e. The number of hydrogen-bond acceptors (Lipinski definition) is 4. The van der Waals surface area contributed by atoms with Gasteiger partial charge in [0.25, 0.3) is 5.91 Å². The summed E-state index contributed by atoms with van der Waals surface area (Å²) in [6.45, 7) is 0. The summed E-state index contributed by atoms with van der Waals surface area (Å²) in [7, 11) is 1.46. The molecule has 0 aromatic carbocycles. The Morgan fingerprint density at radius 1 is 1.89 bits per heavy atom. The first-order valence-electron chi connectivity index (χ1n) is 2.42. The fourth-order valence-corrected chi connectivity index (χ4v) is 0.553. The lowest BCUT2D eigenvalue weighted by molar-refractivity contribution is -0.132. The fourth-order valence-electron chi connectivity index (χ4n) is 0.553. The first-order valence-corrected chi connectivity index (χ1v) is 2.42. The highest BCUT2D eigenvalue weighted by molar-refractivity contribution is 6.02. The number of likely N-dealkylation sites (N-methyl/N-ethyl adjacent to an activating group) is 1. The molecule has 0 saturated heterocycles. The van der Waals surface area contributed by atoms with E-state index in [0.29, 0.717) is 0 Å². The van der Waals surface area contributed by atoms with Crippen molar-refractivity contribution < 1.29 is 9.90 Å². The molecule has 0 saturated carbocycles. The van der Waals surface area contributed by atoms with Crippen LogP contribution in [0, 0.1) is 0 Å². The summed E-state index contributed by atoms with van der Waals surface area (Å²) in [5, 5.41) is 8.68. The van der Waals surface area contributed by atoms with Crippen molar-refractivity contribution in [2.45, 2.75) is 6.23 Å². The fraction of sp³-hybridized carbons (Fsp3) is 0.500. The highest BCUT2D eigenvalue weighted by Gasteiger charge is 2.27. The largest absolute Gasteiger partial charge is 0.369 e. The third kappa shape index (κ3) is 0.746. The van der Waals surface area contributed by atoms with Crippen molar-refractivity contribution in [2.24, 2.45) is 10.7 Å². The standard InChI is InChI=1S/C4H7N3O2/c1-7-3(9)2(8)6-4(7)5/h2,8H,1H3,(H2,5,6)/t2-/m1/s1. The van der Waals surface area contributed by atoms with Gasteiger partial charge in [0.05, 0.1) is 0 Å². The average Bonchev–Trinajstić information content (AvgIpc) is 1.98. The number of aliphatic hydroxyl groups excluding tert-OH is 1. The Bertz CT molecular complexity index is 177.